The van der Waals surface area contributed by atoms with Crippen LogP contribution in [0, 0.1) is 6.92 Å². The van der Waals surface area contributed by atoms with Crippen molar-refractivity contribution in [3.05, 3.63) is 17.5 Å². The summed E-state index contributed by atoms with van der Waals surface area (Å²) in [6.07, 6.45) is 1.08. The molecule has 0 aliphatic carbocycles. The second-order valence-electron chi connectivity index (χ2n) is 4.29. The van der Waals surface area contributed by atoms with Gasteiger partial charge in [0.15, 0.2) is 5.76 Å². The SMILES string of the molecule is CO[C@H]1C[C@@H](CO)N(Cc2cc(C)no2)C1. The fourth-order valence-corrected chi connectivity index (χ4v) is 2.18. The van der Waals surface area contributed by atoms with E-state index in [0.717, 1.165) is 24.4 Å². The van der Waals surface area contributed by atoms with Crippen molar-refractivity contribution in [1.29, 1.82) is 0 Å². The molecule has 0 saturated carbocycles. The average molecular weight is 226 g/mol. The minimum absolute atomic E-state index is 0.160. The second kappa shape index (κ2) is 4.95. The largest absolute Gasteiger partial charge is 0.395 e. The second-order valence-corrected chi connectivity index (χ2v) is 4.29. The molecule has 1 aliphatic heterocycles. The topological polar surface area (TPSA) is 58.7 Å². The van der Waals surface area contributed by atoms with Gasteiger partial charge in [0.2, 0.25) is 0 Å². The number of aliphatic hydroxyl groups excluding tert-OH is 1. The van der Waals surface area contributed by atoms with Gasteiger partial charge in [0.1, 0.15) is 0 Å². The number of hydrogen-bond donors (Lipinski definition) is 1. The molecule has 0 amide bonds. The van der Waals surface area contributed by atoms with Crippen molar-refractivity contribution in [3.63, 3.8) is 0 Å². The molecule has 1 aliphatic rings. The van der Waals surface area contributed by atoms with E-state index in [4.69, 9.17) is 9.26 Å². The van der Waals surface area contributed by atoms with Gasteiger partial charge in [-0.1, -0.05) is 5.16 Å². The zero-order valence-corrected chi connectivity index (χ0v) is 9.72. The van der Waals surface area contributed by atoms with Crippen molar-refractivity contribution in [2.75, 3.05) is 20.3 Å². The minimum Gasteiger partial charge on any atom is -0.395 e. The van der Waals surface area contributed by atoms with Crippen molar-refractivity contribution in [1.82, 2.24) is 10.1 Å². The van der Waals surface area contributed by atoms with Gasteiger partial charge < -0.3 is 14.4 Å². The van der Waals surface area contributed by atoms with E-state index in [0.29, 0.717) is 6.54 Å². The molecule has 1 aromatic rings. The number of nitrogens with zero attached hydrogens (tertiary/aromatic N) is 2. The highest BCUT2D eigenvalue weighted by Crippen LogP contribution is 2.22. The third-order valence-electron chi connectivity index (χ3n) is 3.07. The number of aromatic nitrogens is 1. The Morgan fingerprint density at radius 2 is 2.50 bits per heavy atom. The van der Waals surface area contributed by atoms with Crippen LogP contribution in [0.1, 0.15) is 17.9 Å². The summed E-state index contributed by atoms with van der Waals surface area (Å²) in [7, 11) is 1.71. The van der Waals surface area contributed by atoms with Crippen LogP contribution in [0.25, 0.3) is 0 Å². The van der Waals surface area contributed by atoms with Gasteiger partial charge in [-0.3, -0.25) is 4.90 Å². The van der Waals surface area contributed by atoms with Gasteiger partial charge in [-0.25, -0.2) is 0 Å². The van der Waals surface area contributed by atoms with E-state index in [2.05, 4.69) is 10.1 Å². The standard InChI is InChI=1S/C11H18N2O3/c1-8-3-11(16-12-8)6-13-5-10(15-2)4-9(13)7-14/h3,9-10,14H,4-7H2,1-2H3/t9-,10-/m0/s1. The third-order valence-corrected chi connectivity index (χ3v) is 3.07. The molecular weight excluding hydrogens is 208 g/mol. The van der Waals surface area contributed by atoms with Gasteiger partial charge in [-0.2, -0.15) is 0 Å². The van der Waals surface area contributed by atoms with Crippen LogP contribution >= 0.6 is 0 Å². The predicted octanol–water partition coefficient (Wildman–Crippen LogP) is 0.565. The van der Waals surface area contributed by atoms with E-state index >= 15 is 0 Å². The molecule has 1 saturated heterocycles. The molecule has 2 rings (SSSR count). The van der Waals surface area contributed by atoms with E-state index < -0.39 is 0 Å². The highest BCUT2D eigenvalue weighted by molar-refractivity contribution is 5.04. The summed E-state index contributed by atoms with van der Waals surface area (Å²) in [5, 5.41) is 13.1. The quantitative estimate of drug-likeness (QED) is 0.813. The lowest BCUT2D eigenvalue weighted by Crippen LogP contribution is -2.31. The summed E-state index contributed by atoms with van der Waals surface area (Å²) >= 11 is 0. The van der Waals surface area contributed by atoms with Gasteiger partial charge in [-0.15, -0.1) is 0 Å². The highest BCUT2D eigenvalue weighted by atomic mass is 16.5. The van der Waals surface area contributed by atoms with E-state index in [-0.39, 0.29) is 18.8 Å². The van der Waals surface area contributed by atoms with Gasteiger partial charge in [0.25, 0.3) is 0 Å². The molecule has 1 fully saturated rings. The Kier molecular flexibility index (Phi) is 3.58. The number of aryl methyl sites for hydroxylation is 1. The van der Waals surface area contributed by atoms with E-state index in [1.807, 2.05) is 13.0 Å². The van der Waals surface area contributed by atoms with Crippen LogP contribution in [-0.2, 0) is 11.3 Å². The molecule has 90 valence electrons. The first-order valence-corrected chi connectivity index (χ1v) is 5.53. The van der Waals surface area contributed by atoms with Gasteiger partial charge in [0.05, 0.1) is 24.9 Å². The molecule has 5 nitrogen and oxygen atoms in total. The molecule has 0 bridgehead atoms. The van der Waals surface area contributed by atoms with E-state index in [9.17, 15) is 5.11 Å². The molecule has 2 heterocycles. The van der Waals surface area contributed by atoms with Crippen molar-refractivity contribution in [2.45, 2.75) is 32.0 Å². The summed E-state index contributed by atoms with van der Waals surface area (Å²) in [6.45, 7) is 3.58. The monoisotopic (exact) mass is 226 g/mol. The van der Waals surface area contributed by atoms with Crippen LogP contribution in [0.3, 0.4) is 0 Å². The Balaban J connectivity index is 1.98. The third kappa shape index (κ3) is 2.42. The normalized spacial score (nSPS) is 26.4. The maximum atomic E-state index is 9.29. The van der Waals surface area contributed by atoms with Crippen LogP contribution in [-0.4, -0.2) is 47.6 Å². The number of aliphatic hydroxyl groups is 1. The molecular formula is C11H18N2O3. The van der Waals surface area contributed by atoms with Crippen LogP contribution in [0.4, 0.5) is 0 Å². The zero-order chi connectivity index (χ0) is 11.5. The van der Waals surface area contributed by atoms with Crippen LogP contribution in [0.15, 0.2) is 10.6 Å². The number of methoxy groups -OCH3 is 1. The lowest BCUT2D eigenvalue weighted by Gasteiger charge is -2.20. The summed E-state index contributed by atoms with van der Waals surface area (Å²) in [6, 6.07) is 2.09. The zero-order valence-electron chi connectivity index (χ0n) is 9.72. The maximum absolute atomic E-state index is 9.29. The predicted molar refractivity (Wildman–Crippen MR) is 57.9 cm³/mol. The lowest BCUT2D eigenvalue weighted by atomic mass is 10.2. The molecule has 0 spiro atoms. The minimum atomic E-state index is 0.160. The molecule has 0 radical (unpaired) electrons. The number of hydrogen-bond acceptors (Lipinski definition) is 5. The highest BCUT2D eigenvalue weighted by Gasteiger charge is 2.32. The molecule has 0 unspecified atom stereocenters. The summed E-state index contributed by atoms with van der Waals surface area (Å²) in [5.74, 6) is 0.840. The van der Waals surface area contributed by atoms with Crippen molar-refractivity contribution in [3.8, 4) is 0 Å². The van der Waals surface area contributed by atoms with Gasteiger partial charge >= 0.3 is 0 Å². The molecule has 1 N–H and O–H groups in total. The van der Waals surface area contributed by atoms with E-state index in [1.54, 1.807) is 7.11 Å². The van der Waals surface area contributed by atoms with Crippen LogP contribution in [0.2, 0.25) is 0 Å². The van der Waals surface area contributed by atoms with Crippen molar-refractivity contribution < 1.29 is 14.4 Å². The van der Waals surface area contributed by atoms with Gasteiger partial charge in [0, 0.05) is 25.8 Å². The Morgan fingerprint density at radius 1 is 1.69 bits per heavy atom. The summed E-state index contributed by atoms with van der Waals surface area (Å²) in [4.78, 5) is 2.17. The first kappa shape index (κ1) is 11.6. The molecule has 1 aromatic heterocycles. The Bertz CT molecular complexity index is 340. The fourth-order valence-electron chi connectivity index (χ4n) is 2.18. The first-order chi connectivity index (χ1) is 7.72. The Hall–Kier alpha value is -0.910. The number of likely N-dealkylation sites (tertiary alicyclic amines) is 1. The molecule has 2 atom stereocenters. The maximum Gasteiger partial charge on any atom is 0.150 e. The first-order valence-electron chi connectivity index (χ1n) is 5.53. The lowest BCUT2D eigenvalue weighted by molar-refractivity contribution is 0.105. The van der Waals surface area contributed by atoms with Crippen LogP contribution in [0.5, 0.6) is 0 Å². The van der Waals surface area contributed by atoms with Crippen LogP contribution < -0.4 is 0 Å². The number of ether oxygens (including phenoxy) is 1. The number of rotatable bonds is 4. The molecule has 16 heavy (non-hydrogen) atoms. The van der Waals surface area contributed by atoms with E-state index in [1.165, 1.54) is 0 Å². The smallest absolute Gasteiger partial charge is 0.150 e. The summed E-state index contributed by atoms with van der Waals surface area (Å²) < 4.78 is 10.5. The fraction of sp³-hybridized carbons (Fsp3) is 0.727. The Labute approximate surface area is 95.0 Å². The Morgan fingerprint density at radius 3 is 3.06 bits per heavy atom. The van der Waals surface area contributed by atoms with Gasteiger partial charge in [-0.05, 0) is 13.3 Å². The van der Waals surface area contributed by atoms with Crippen molar-refractivity contribution in [2.24, 2.45) is 0 Å². The molecule has 0 aromatic carbocycles. The van der Waals surface area contributed by atoms with Crippen molar-refractivity contribution >= 4 is 0 Å². The summed E-state index contributed by atoms with van der Waals surface area (Å²) in [5.41, 5.74) is 0.887. The molecule has 5 heteroatoms. The average Bonchev–Trinajstić information content (AvgIpc) is 2.85.